The van der Waals surface area contributed by atoms with Crippen molar-refractivity contribution in [2.75, 3.05) is 12.4 Å². The maximum atomic E-state index is 12.4. The van der Waals surface area contributed by atoms with Crippen molar-refractivity contribution in [3.63, 3.8) is 0 Å². The van der Waals surface area contributed by atoms with Gasteiger partial charge < -0.3 is 10.1 Å². The minimum absolute atomic E-state index is 0.0881. The normalized spacial score (nSPS) is 10.9. The lowest BCUT2D eigenvalue weighted by Crippen LogP contribution is -2.14. The van der Waals surface area contributed by atoms with E-state index in [4.69, 9.17) is 27.9 Å². The molecular weight excluding hydrogens is 347 g/mol. The maximum Gasteiger partial charge on any atom is 0.266 e. The van der Waals surface area contributed by atoms with Crippen LogP contribution in [-0.4, -0.2) is 13.0 Å². The lowest BCUT2D eigenvalue weighted by Gasteiger charge is -2.10. The van der Waals surface area contributed by atoms with Gasteiger partial charge in [-0.1, -0.05) is 41.4 Å². The molecule has 0 spiro atoms. The minimum atomic E-state index is -0.523. The van der Waals surface area contributed by atoms with Crippen molar-refractivity contribution in [2.24, 2.45) is 0 Å². The van der Waals surface area contributed by atoms with Gasteiger partial charge in [0.2, 0.25) is 0 Å². The maximum absolute atomic E-state index is 12.4. The fourth-order valence-corrected chi connectivity index (χ4v) is 2.70. The summed E-state index contributed by atoms with van der Waals surface area (Å²) in [5.41, 5.74) is 1.90. The zero-order chi connectivity index (χ0) is 17.7. The average Bonchev–Trinajstić information content (AvgIpc) is 2.54. The molecule has 0 bridgehead atoms. The number of nitrogens with zero attached hydrogens (tertiary/aromatic N) is 1. The van der Waals surface area contributed by atoms with Crippen LogP contribution >= 0.6 is 23.2 Å². The molecule has 1 amide bonds. The predicted octanol–water partition coefficient (Wildman–Crippen LogP) is 4.86. The molecule has 0 heterocycles. The Labute approximate surface area is 150 Å². The van der Waals surface area contributed by atoms with Crippen LogP contribution in [0.3, 0.4) is 0 Å². The van der Waals surface area contributed by atoms with E-state index >= 15 is 0 Å². The molecule has 122 valence electrons. The summed E-state index contributed by atoms with van der Waals surface area (Å²) in [5.74, 6) is -0.178. The molecule has 0 aliphatic carbocycles. The molecule has 2 aromatic carbocycles. The third kappa shape index (κ3) is 4.08. The molecule has 2 rings (SSSR count). The second kappa shape index (κ2) is 7.87. The predicted molar refractivity (Wildman–Crippen MR) is 96.4 cm³/mol. The highest BCUT2D eigenvalue weighted by molar-refractivity contribution is 6.36. The Morgan fingerprint density at radius 1 is 1.29 bits per heavy atom. The molecule has 6 heteroatoms. The Balaban J connectivity index is 2.38. The van der Waals surface area contributed by atoms with Gasteiger partial charge >= 0.3 is 0 Å². The fourth-order valence-electron chi connectivity index (χ4n) is 2.11. The van der Waals surface area contributed by atoms with Crippen molar-refractivity contribution in [2.45, 2.75) is 6.92 Å². The zero-order valence-corrected chi connectivity index (χ0v) is 14.6. The van der Waals surface area contributed by atoms with Crippen LogP contribution in [0.25, 0.3) is 6.08 Å². The van der Waals surface area contributed by atoms with Gasteiger partial charge in [0.15, 0.2) is 0 Å². The molecule has 0 aliphatic rings. The summed E-state index contributed by atoms with van der Waals surface area (Å²) < 4.78 is 5.22. The topological polar surface area (TPSA) is 62.1 Å². The highest BCUT2D eigenvalue weighted by Gasteiger charge is 2.14. The zero-order valence-electron chi connectivity index (χ0n) is 13.1. The molecule has 0 saturated heterocycles. The van der Waals surface area contributed by atoms with E-state index in [2.05, 4.69) is 5.32 Å². The molecule has 4 nitrogen and oxygen atoms in total. The largest absolute Gasteiger partial charge is 0.495 e. The first-order valence-corrected chi connectivity index (χ1v) is 7.73. The lowest BCUT2D eigenvalue weighted by atomic mass is 10.1. The number of aryl methyl sites for hydroxylation is 1. The number of carbonyl (C=O) groups excluding carboxylic acids is 1. The molecule has 2 aromatic rings. The van der Waals surface area contributed by atoms with Crippen LogP contribution in [0.1, 0.15) is 11.1 Å². The number of benzene rings is 2. The number of amides is 1. The first kappa shape index (κ1) is 17.9. The Morgan fingerprint density at radius 2 is 2.00 bits per heavy atom. The van der Waals surface area contributed by atoms with Crippen LogP contribution in [-0.2, 0) is 4.79 Å². The number of nitriles is 1. The summed E-state index contributed by atoms with van der Waals surface area (Å²) in [6.45, 7) is 1.87. The van der Waals surface area contributed by atoms with E-state index in [9.17, 15) is 10.1 Å². The number of rotatable bonds is 4. The van der Waals surface area contributed by atoms with Crippen molar-refractivity contribution in [3.8, 4) is 11.8 Å². The molecule has 0 saturated carbocycles. The Bertz CT molecular complexity index is 855. The van der Waals surface area contributed by atoms with E-state index in [1.165, 1.54) is 19.3 Å². The lowest BCUT2D eigenvalue weighted by molar-refractivity contribution is -0.112. The molecule has 1 N–H and O–H groups in total. The molecule has 0 atom stereocenters. The molecule has 0 unspecified atom stereocenters. The van der Waals surface area contributed by atoms with Crippen LogP contribution in [0.15, 0.2) is 42.0 Å². The summed E-state index contributed by atoms with van der Waals surface area (Å²) >= 11 is 12.1. The molecule has 24 heavy (non-hydrogen) atoms. The monoisotopic (exact) mass is 360 g/mol. The van der Waals surface area contributed by atoms with Crippen molar-refractivity contribution >= 4 is 40.9 Å². The number of methoxy groups -OCH3 is 1. The van der Waals surface area contributed by atoms with E-state index in [0.717, 1.165) is 5.56 Å². The van der Waals surface area contributed by atoms with Crippen molar-refractivity contribution in [3.05, 3.63) is 63.1 Å². The summed E-state index contributed by atoms with van der Waals surface area (Å²) in [6.07, 6.45) is 1.39. The smallest absolute Gasteiger partial charge is 0.266 e. The average molecular weight is 361 g/mol. The first-order valence-electron chi connectivity index (χ1n) is 6.98. The number of hydrogen-bond donors (Lipinski definition) is 1. The van der Waals surface area contributed by atoms with E-state index in [1.807, 2.05) is 25.1 Å². The highest BCUT2D eigenvalue weighted by Crippen LogP contribution is 2.33. The second-order valence-electron chi connectivity index (χ2n) is 4.95. The number of nitrogens with one attached hydrogen (secondary N) is 1. The van der Waals surface area contributed by atoms with Gasteiger partial charge in [-0.3, -0.25) is 4.79 Å². The van der Waals surface area contributed by atoms with Gasteiger partial charge in [-0.05, 0) is 36.8 Å². The van der Waals surface area contributed by atoms with Crippen LogP contribution in [0.4, 0.5) is 5.69 Å². The highest BCUT2D eigenvalue weighted by atomic mass is 35.5. The second-order valence-corrected chi connectivity index (χ2v) is 5.79. The first-order chi connectivity index (χ1) is 11.5. The molecule has 0 aromatic heterocycles. The summed E-state index contributed by atoms with van der Waals surface area (Å²) in [4.78, 5) is 12.4. The molecule has 0 fully saturated rings. The Kier molecular flexibility index (Phi) is 5.86. The van der Waals surface area contributed by atoms with Crippen molar-refractivity contribution in [1.82, 2.24) is 0 Å². The number of halogens is 2. The number of hydrogen-bond acceptors (Lipinski definition) is 3. The van der Waals surface area contributed by atoms with Gasteiger partial charge in [-0.25, -0.2) is 0 Å². The van der Waals surface area contributed by atoms with E-state index in [1.54, 1.807) is 18.2 Å². The summed E-state index contributed by atoms with van der Waals surface area (Å²) in [6, 6.07) is 12.3. The Hall–Kier alpha value is -2.48. The summed E-state index contributed by atoms with van der Waals surface area (Å²) in [7, 11) is 1.45. The number of anilines is 1. The van der Waals surface area contributed by atoms with Gasteiger partial charge in [0, 0.05) is 16.3 Å². The minimum Gasteiger partial charge on any atom is -0.495 e. The SMILES string of the molecule is COc1c(Cl)cc(Cl)cc1/C=C(\C#N)C(=O)Nc1ccccc1C. The molecular formula is C18H14Cl2N2O2. The van der Waals surface area contributed by atoms with Crippen LogP contribution in [0.5, 0.6) is 5.75 Å². The third-order valence-corrected chi connectivity index (χ3v) is 3.80. The van der Waals surface area contributed by atoms with Crippen LogP contribution < -0.4 is 10.1 Å². The van der Waals surface area contributed by atoms with Crippen LogP contribution in [0.2, 0.25) is 10.0 Å². The van der Waals surface area contributed by atoms with Crippen molar-refractivity contribution < 1.29 is 9.53 Å². The number of carbonyl (C=O) groups is 1. The van der Waals surface area contributed by atoms with Gasteiger partial charge in [-0.15, -0.1) is 0 Å². The number of para-hydroxylation sites is 1. The molecule has 0 radical (unpaired) electrons. The number of ether oxygens (including phenoxy) is 1. The van der Waals surface area contributed by atoms with Crippen LogP contribution in [0, 0.1) is 18.3 Å². The van der Waals surface area contributed by atoms with Gasteiger partial charge in [0.25, 0.3) is 5.91 Å². The quantitative estimate of drug-likeness (QED) is 0.625. The fraction of sp³-hybridized carbons (Fsp3) is 0.111. The third-order valence-electron chi connectivity index (χ3n) is 3.30. The summed E-state index contributed by atoms with van der Waals surface area (Å²) in [5, 5.41) is 12.7. The van der Waals surface area contributed by atoms with Crippen molar-refractivity contribution in [1.29, 1.82) is 5.26 Å². The standard InChI is InChI=1S/C18H14Cl2N2O2/c1-11-5-3-4-6-16(11)22-18(23)13(10-21)7-12-8-14(19)9-15(20)17(12)24-2/h3-9H,1-2H3,(H,22,23)/b13-7+. The Morgan fingerprint density at radius 3 is 2.62 bits per heavy atom. The molecule has 0 aliphatic heterocycles. The van der Waals surface area contributed by atoms with Gasteiger partial charge in [0.05, 0.1) is 12.1 Å². The van der Waals surface area contributed by atoms with Gasteiger partial charge in [0.1, 0.15) is 17.4 Å². The van der Waals surface area contributed by atoms with E-state index < -0.39 is 5.91 Å². The van der Waals surface area contributed by atoms with Gasteiger partial charge in [-0.2, -0.15) is 5.26 Å². The van der Waals surface area contributed by atoms with E-state index in [0.29, 0.717) is 27.0 Å². The van der Waals surface area contributed by atoms with E-state index in [-0.39, 0.29) is 5.57 Å².